The van der Waals surface area contributed by atoms with Crippen LogP contribution in [0.5, 0.6) is 5.75 Å². The fraction of sp³-hybridized carbons (Fsp3) is 0.474. The van der Waals surface area contributed by atoms with Gasteiger partial charge in [0.05, 0.1) is 12.3 Å². The Balaban J connectivity index is 0.00000280. The van der Waals surface area contributed by atoms with Crippen molar-refractivity contribution in [2.45, 2.75) is 20.0 Å². The van der Waals surface area contributed by atoms with Crippen LogP contribution in [0.1, 0.15) is 18.2 Å². The molecule has 1 N–H and O–H groups in total. The third kappa shape index (κ3) is 6.25. The van der Waals surface area contributed by atoms with E-state index in [-0.39, 0.29) is 24.0 Å². The van der Waals surface area contributed by atoms with E-state index in [9.17, 15) is 0 Å². The van der Waals surface area contributed by atoms with Crippen LogP contribution in [0.3, 0.4) is 0 Å². The van der Waals surface area contributed by atoms with E-state index >= 15 is 0 Å². The van der Waals surface area contributed by atoms with E-state index in [1.165, 1.54) is 0 Å². The van der Waals surface area contributed by atoms with E-state index in [0.717, 1.165) is 55.7 Å². The first kappa shape index (κ1) is 22.8. The highest BCUT2D eigenvalue weighted by atomic mass is 127. The zero-order valence-corrected chi connectivity index (χ0v) is 19.3. The normalized spacial score (nSPS) is 15.2. The van der Waals surface area contributed by atoms with Crippen molar-refractivity contribution in [2.75, 3.05) is 39.8 Å². The number of hydrogen-bond acceptors (Lipinski definition) is 5. The fourth-order valence-corrected chi connectivity index (χ4v) is 3.30. The summed E-state index contributed by atoms with van der Waals surface area (Å²) < 4.78 is 10.6. The molecule has 3 rings (SSSR count). The van der Waals surface area contributed by atoms with Gasteiger partial charge < -0.3 is 19.5 Å². The van der Waals surface area contributed by atoms with Crippen molar-refractivity contribution < 1.29 is 9.26 Å². The number of nitrogens with zero attached hydrogens (tertiary/aromatic N) is 4. The zero-order valence-electron chi connectivity index (χ0n) is 16.2. The van der Waals surface area contributed by atoms with Crippen LogP contribution >= 0.6 is 35.6 Å². The van der Waals surface area contributed by atoms with E-state index in [2.05, 4.69) is 25.3 Å². The lowest BCUT2D eigenvalue weighted by molar-refractivity contribution is 0.169. The number of piperazine rings is 1. The molecular weight excluding hydrogens is 493 g/mol. The molecule has 0 aliphatic carbocycles. The molecule has 0 spiro atoms. The number of halogens is 2. The van der Waals surface area contributed by atoms with Crippen LogP contribution in [-0.4, -0.2) is 60.7 Å². The van der Waals surface area contributed by atoms with Gasteiger partial charge in [-0.1, -0.05) is 22.8 Å². The van der Waals surface area contributed by atoms with Crippen molar-refractivity contribution in [1.29, 1.82) is 0 Å². The summed E-state index contributed by atoms with van der Waals surface area (Å²) in [4.78, 5) is 9.08. The molecule has 28 heavy (non-hydrogen) atoms. The van der Waals surface area contributed by atoms with Crippen molar-refractivity contribution in [3.63, 3.8) is 0 Å². The minimum absolute atomic E-state index is 0. The molecule has 1 saturated heterocycles. The molecule has 9 heteroatoms. The van der Waals surface area contributed by atoms with Gasteiger partial charge in [-0.15, -0.1) is 24.0 Å². The molecule has 1 fully saturated rings. The lowest BCUT2D eigenvalue weighted by Crippen LogP contribution is -2.52. The highest BCUT2D eigenvalue weighted by Gasteiger charge is 2.20. The van der Waals surface area contributed by atoms with Crippen LogP contribution in [0, 0.1) is 0 Å². The number of hydrogen-bond donors (Lipinski definition) is 1. The summed E-state index contributed by atoms with van der Waals surface area (Å²) in [5.41, 5.74) is 2.03. The number of nitrogens with one attached hydrogen (secondary N) is 1. The van der Waals surface area contributed by atoms with Crippen LogP contribution in [0.25, 0.3) is 0 Å². The minimum Gasteiger partial charge on any atom is -0.493 e. The highest BCUT2D eigenvalue weighted by molar-refractivity contribution is 14.0. The summed E-state index contributed by atoms with van der Waals surface area (Å²) >= 11 is 6.08. The molecule has 1 aliphatic heterocycles. The van der Waals surface area contributed by atoms with Gasteiger partial charge in [-0.2, -0.15) is 0 Å². The number of guanidine groups is 1. The Kier molecular flexibility index (Phi) is 9.33. The summed E-state index contributed by atoms with van der Waals surface area (Å²) in [5, 5.41) is 8.10. The molecule has 1 aromatic heterocycles. The first-order valence-corrected chi connectivity index (χ1v) is 9.56. The molecule has 1 aliphatic rings. The second-order valence-electron chi connectivity index (χ2n) is 6.34. The summed E-state index contributed by atoms with van der Waals surface area (Å²) in [6, 6.07) is 7.64. The van der Waals surface area contributed by atoms with E-state index < -0.39 is 0 Å². The Morgan fingerprint density at radius 2 is 2.07 bits per heavy atom. The lowest BCUT2D eigenvalue weighted by Gasteiger charge is -2.36. The van der Waals surface area contributed by atoms with Crippen LogP contribution in [0.2, 0.25) is 5.02 Å². The van der Waals surface area contributed by atoms with Crippen LogP contribution in [0.15, 0.2) is 40.0 Å². The van der Waals surface area contributed by atoms with Gasteiger partial charge >= 0.3 is 0 Å². The average molecular weight is 520 g/mol. The van der Waals surface area contributed by atoms with Crippen LogP contribution in [-0.2, 0) is 13.1 Å². The molecule has 154 valence electrons. The molecule has 0 radical (unpaired) electrons. The summed E-state index contributed by atoms with van der Waals surface area (Å²) in [6.07, 6.45) is 1.62. The molecular formula is C19H27ClIN5O2. The molecule has 0 bridgehead atoms. The average Bonchev–Trinajstić information content (AvgIpc) is 3.18. The van der Waals surface area contributed by atoms with Crippen LogP contribution < -0.4 is 10.1 Å². The Hall–Kier alpha value is -1.52. The summed E-state index contributed by atoms with van der Waals surface area (Å²) in [5.74, 6) is 1.71. The standard InChI is InChI=1S/C19H26ClN5O2.HI/c1-3-26-18-12-16(20)5-4-15(18)13-22-19(21-2)25-9-7-24(8-10-25)14-17-6-11-27-23-17;/h4-6,11-12H,3,7-10,13-14H2,1-2H3,(H,21,22);1H. The number of aromatic nitrogens is 1. The van der Waals surface area contributed by atoms with Gasteiger partial charge in [0.1, 0.15) is 12.0 Å². The molecule has 0 amide bonds. The SMILES string of the molecule is CCOc1cc(Cl)ccc1CNC(=NC)N1CCN(Cc2ccon2)CC1.I. The van der Waals surface area contributed by atoms with E-state index in [1.54, 1.807) is 6.26 Å². The van der Waals surface area contributed by atoms with Gasteiger partial charge in [0.25, 0.3) is 0 Å². The smallest absolute Gasteiger partial charge is 0.194 e. The Morgan fingerprint density at radius 3 is 2.71 bits per heavy atom. The number of rotatable bonds is 6. The van der Waals surface area contributed by atoms with Gasteiger partial charge in [-0.3, -0.25) is 9.89 Å². The lowest BCUT2D eigenvalue weighted by atomic mass is 10.2. The number of ether oxygens (including phenoxy) is 1. The van der Waals surface area contributed by atoms with Gasteiger partial charge in [0, 0.05) is 63.0 Å². The Labute approximate surface area is 188 Å². The maximum absolute atomic E-state index is 6.08. The second-order valence-corrected chi connectivity index (χ2v) is 6.78. The van der Waals surface area contributed by atoms with E-state index in [1.807, 2.05) is 38.2 Å². The Bertz CT molecular complexity index is 749. The molecule has 0 atom stereocenters. The summed E-state index contributed by atoms with van der Waals surface area (Å²) in [6.45, 7) is 7.77. The van der Waals surface area contributed by atoms with Crippen molar-refractivity contribution >= 4 is 41.5 Å². The van der Waals surface area contributed by atoms with Crippen molar-refractivity contribution in [3.8, 4) is 5.75 Å². The van der Waals surface area contributed by atoms with Gasteiger partial charge in [-0.05, 0) is 19.1 Å². The zero-order chi connectivity index (χ0) is 19.1. The molecule has 7 nitrogen and oxygen atoms in total. The predicted octanol–water partition coefficient (Wildman–Crippen LogP) is 3.24. The van der Waals surface area contributed by atoms with Gasteiger partial charge in [0.2, 0.25) is 0 Å². The largest absolute Gasteiger partial charge is 0.493 e. The molecule has 0 saturated carbocycles. The molecule has 2 aromatic rings. The fourth-order valence-electron chi connectivity index (χ4n) is 3.14. The van der Waals surface area contributed by atoms with Crippen molar-refractivity contribution in [1.82, 2.24) is 20.3 Å². The number of benzene rings is 1. The Morgan fingerprint density at radius 1 is 1.29 bits per heavy atom. The third-order valence-electron chi connectivity index (χ3n) is 4.53. The predicted molar refractivity (Wildman–Crippen MR) is 122 cm³/mol. The topological polar surface area (TPSA) is 66.1 Å². The first-order valence-electron chi connectivity index (χ1n) is 9.18. The van der Waals surface area contributed by atoms with E-state index in [0.29, 0.717) is 18.2 Å². The van der Waals surface area contributed by atoms with Crippen LogP contribution in [0.4, 0.5) is 0 Å². The van der Waals surface area contributed by atoms with Gasteiger partial charge in [-0.25, -0.2) is 0 Å². The van der Waals surface area contributed by atoms with Crippen molar-refractivity contribution in [2.24, 2.45) is 4.99 Å². The van der Waals surface area contributed by atoms with Gasteiger partial charge in [0.15, 0.2) is 5.96 Å². The summed E-state index contributed by atoms with van der Waals surface area (Å²) in [7, 11) is 1.81. The van der Waals surface area contributed by atoms with E-state index in [4.69, 9.17) is 20.9 Å². The highest BCUT2D eigenvalue weighted by Crippen LogP contribution is 2.23. The maximum atomic E-state index is 6.08. The maximum Gasteiger partial charge on any atom is 0.194 e. The van der Waals surface area contributed by atoms with Crippen molar-refractivity contribution in [3.05, 3.63) is 46.8 Å². The third-order valence-corrected chi connectivity index (χ3v) is 4.76. The second kappa shape index (κ2) is 11.5. The minimum atomic E-state index is 0. The first-order chi connectivity index (χ1) is 13.2. The molecule has 2 heterocycles. The quantitative estimate of drug-likeness (QED) is 0.359. The number of aliphatic imine (C=N–C) groups is 1. The molecule has 0 unspecified atom stereocenters. The molecule has 1 aromatic carbocycles. The monoisotopic (exact) mass is 519 g/mol.